The maximum Gasteiger partial charge on any atom is 0.326 e. The molecule has 0 aliphatic carbocycles. The first-order chi connectivity index (χ1) is 28.3. The predicted molar refractivity (Wildman–Crippen MR) is 226 cm³/mol. The Morgan fingerprint density at radius 1 is 0.833 bits per heavy atom. The second kappa shape index (κ2) is 22.6. The second-order valence-corrected chi connectivity index (χ2v) is 16.2. The summed E-state index contributed by atoms with van der Waals surface area (Å²) in [6.45, 7) is 8.04. The number of phenolic OH excluding ortho intramolecular Hbond substituents is 1. The molecule has 5 amide bonds. The molecule has 1 aromatic carbocycles. The molecule has 2 aliphatic rings. The number of aromatic hydroxyl groups is 1. The number of phenols is 1. The molecule has 1 spiro atoms. The number of nitrogens with one attached hydrogen (secondary N) is 3. The number of hydrogen-bond acceptors (Lipinski definition) is 10. The Balaban J connectivity index is 1.94. The fourth-order valence-electron chi connectivity index (χ4n) is 7.74. The zero-order chi connectivity index (χ0) is 44.7. The van der Waals surface area contributed by atoms with E-state index in [4.69, 9.17) is 28.7 Å². The van der Waals surface area contributed by atoms with Gasteiger partial charge in [-0.2, -0.15) is 0 Å². The summed E-state index contributed by atoms with van der Waals surface area (Å²) in [5.41, 5.74) is 27.3. The highest BCUT2D eigenvalue weighted by Gasteiger charge is 2.57. The van der Waals surface area contributed by atoms with Crippen molar-refractivity contribution >= 4 is 47.4 Å². The number of guanidine groups is 2. The Labute approximate surface area is 351 Å². The lowest BCUT2D eigenvalue weighted by Crippen LogP contribution is -2.61. The van der Waals surface area contributed by atoms with Crippen LogP contribution in [0.5, 0.6) is 5.75 Å². The average molecular weight is 843 g/mol. The summed E-state index contributed by atoms with van der Waals surface area (Å²) < 4.78 is 0. The van der Waals surface area contributed by atoms with Crippen LogP contribution in [0.3, 0.4) is 0 Å². The zero-order valence-corrected chi connectivity index (χ0v) is 35.3. The van der Waals surface area contributed by atoms with Crippen molar-refractivity contribution in [1.29, 1.82) is 0 Å². The van der Waals surface area contributed by atoms with Gasteiger partial charge in [-0.1, -0.05) is 46.2 Å². The second-order valence-electron chi connectivity index (χ2n) is 16.2. The van der Waals surface area contributed by atoms with Crippen LogP contribution in [-0.4, -0.2) is 129 Å². The highest BCUT2D eigenvalue weighted by atomic mass is 16.4. The van der Waals surface area contributed by atoms with Gasteiger partial charge in [0, 0.05) is 32.6 Å². The van der Waals surface area contributed by atoms with E-state index >= 15 is 0 Å². The zero-order valence-electron chi connectivity index (χ0n) is 35.3. The van der Waals surface area contributed by atoms with Gasteiger partial charge in [-0.15, -0.1) is 0 Å². The van der Waals surface area contributed by atoms with Gasteiger partial charge in [-0.25, -0.2) is 4.79 Å². The van der Waals surface area contributed by atoms with Crippen LogP contribution < -0.4 is 44.6 Å². The van der Waals surface area contributed by atoms with E-state index in [1.54, 1.807) is 19.1 Å². The molecule has 2 heterocycles. The number of benzene rings is 1. The van der Waals surface area contributed by atoms with E-state index in [9.17, 15) is 39.0 Å². The number of carbonyl (C=O) groups excluding carboxylic acids is 5. The summed E-state index contributed by atoms with van der Waals surface area (Å²) >= 11 is 0. The molecule has 2 aliphatic heterocycles. The van der Waals surface area contributed by atoms with E-state index in [2.05, 4.69) is 25.9 Å². The molecule has 20 heteroatoms. The first-order valence-corrected chi connectivity index (χ1v) is 20.7. The lowest BCUT2D eigenvalue weighted by molar-refractivity contribution is -0.151. The molecule has 0 saturated carbocycles. The van der Waals surface area contributed by atoms with Gasteiger partial charge < -0.3 is 64.6 Å². The minimum absolute atomic E-state index is 0.00537. The van der Waals surface area contributed by atoms with Crippen molar-refractivity contribution in [2.24, 2.45) is 50.5 Å². The number of hydrogen-bond donors (Lipinski definition) is 10. The van der Waals surface area contributed by atoms with Crippen LogP contribution >= 0.6 is 0 Å². The van der Waals surface area contributed by atoms with Gasteiger partial charge in [0.1, 0.15) is 35.5 Å². The van der Waals surface area contributed by atoms with Crippen LogP contribution in [0.4, 0.5) is 0 Å². The highest BCUT2D eigenvalue weighted by Crippen LogP contribution is 2.40. The van der Waals surface area contributed by atoms with Crippen LogP contribution in [0, 0.1) is 11.8 Å². The molecule has 60 heavy (non-hydrogen) atoms. The van der Waals surface area contributed by atoms with Gasteiger partial charge >= 0.3 is 5.97 Å². The summed E-state index contributed by atoms with van der Waals surface area (Å²) in [7, 11) is 0. The lowest BCUT2D eigenvalue weighted by Gasteiger charge is -2.37. The monoisotopic (exact) mass is 843 g/mol. The quantitative estimate of drug-likeness (QED) is 0.0358. The lowest BCUT2D eigenvalue weighted by atomic mass is 9.92. The fraction of sp³-hybridized carbons (Fsp3) is 0.650. The van der Waals surface area contributed by atoms with Crippen molar-refractivity contribution < 1.29 is 39.0 Å². The minimum atomic E-state index is -1.32. The minimum Gasteiger partial charge on any atom is -0.508 e. The third kappa shape index (κ3) is 13.4. The predicted octanol–water partition coefficient (Wildman–Crippen LogP) is -1.04. The number of amides is 5. The van der Waals surface area contributed by atoms with Gasteiger partial charge in [0.25, 0.3) is 0 Å². The number of rotatable bonds is 23. The normalized spacial score (nSPS) is 19.2. The first-order valence-electron chi connectivity index (χ1n) is 20.7. The van der Waals surface area contributed by atoms with Crippen molar-refractivity contribution in [1.82, 2.24) is 25.8 Å². The van der Waals surface area contributed by atoms with Crippen LogP contribution in [0.2, 0.25) is 0 Å². The topological polar surface area (TPSA) is 340 Å². The molecule has 2 saturated heterocycles. The molecule has 0 aromatic heterocycles. The Bertz CT molecular complexity index is 1720. The van der Waals surface area contributed by atoms with Crippen molar-refractivity contribution in [3.63, 3.8) is 0 Å². The van der Waals surface area contributed by atoms with Crippen molar-refractivity contribution in [2.75, 3.05) is 26.2 Å². The number of carbonyl (C=O) groups is 6. The van der Waals surface area contributed by atoms with E-state index in [0.717, 1.165) is 0 Å². The number of likely N-dealkylation sites (tertiary alicyclic amines) is 2. The van der Waals surface area contributed by atoms with Crippen LogP contribution in [0.25, 0.3) is 0 Å². The molecule has 3 rings (SSSR count). The molecule has 334 valence electrons. The van der Waals surface area contributed by atoms with Crippen LogP contribution in [0.1, 0.15) is 91.0 Å². The highest BCUT2D eigenvalue weighted by molar-refractivity contribution is 6.00. The third-order valence-electron chi connectivity index (χ3n) is 11.2. The standard InChI is InChI=1S/C40H66N12O8/c1-5-24(4)31(34(56)49-29(36(58)59)21-23(2)3)50-33(55)30(22-25-11-13-26(53)14-12-25)51-20-16-40(37(51)60)15-8-19-52(40)35(57)28(10-7-18-47-39(44)45)48-32(54)27(41)9-6-17-46-38(42)43/h11-14,23-24,27-31,53H,5-10,15-22,41H2,1-4H3,(H,48,54)(H,49,56)(H,50,55)(H,58,59)(H4,42,43,46)(H4,44,45,47)/t24-,27-,28-,29-,30+,31-,40-/m0/s1. The first kappa shape index (κ1) is 48.7. The Morgan fingerprint density at radius 2 is 1.43 bits per heavy atom. The van der Waals surface area contributed by atoms with E-state index in [1.807, 2.05) is 20.8 Å². The van der Waals surface area contributed by atoms with Gasteiger partial charge in [-0.3, -0.25) is 34.0 Å². The number of aliphatic carboxylic acids is 1. The molecule has 0 radical (unpaired) electrons. The molecule has 0 bridgehead atoms. The van der Waals surface area contributed by atoms with E-state index in [0.29, 0.717) is 37.7 Å². The smallest absolute Gasteiger partial charge is 0.326 e. The summed E-state index contributed by atoms with van der Waals surface area (Å²) in [4.78, 5) is 93.7. The van der Waals surface area contributed by atoms with E-state index < -0.39 is 77.2 Å². The van der Waals surface area contributed by atoms with Crippen molar-refractivity contribution in [2.45, 2.75) is 128 Å². The van der Waals surface area contributed by atoms with Gasteiger partial charge in [0.2, 0.25) is 29.5 Å². The van der Waals surface area contributed by atoms with Crippen LogP contribution in [0.15, 0.2) is 34.3 Å². The summed E-state index contributed by atoms with van der Waals surface area (Å²) in [5.74, 6) is -4.67. The number of carboxylic acid groups (broad SMARTS) is 1. The summed E-state index contributed by atoms with van der Waals surface area (Å²) in [6.07, 6.45) is 2.75. The molecular formula is C40H66N12O8. The Morgan fingerprint density at radius 3 is 2.00 bits per heavy atom. The maximum atomic E-state index is 14.8. The third-order valence-corrected chi connectivity index (χ3v) is 11.2. The summed E-state index contributed by atoms with van der Waals surface area (Å²) in [5, 5.41) is 28.0. The number of nitrogens with two attached hydrogens (primary N) is 5. The SMILES string of the molecule is CC[C@H](C)[C@H](NC(=O)[C@@H](Cc1ccc(O)cc1)N1CC[C@@]2(CCCN2C(=O)[C@H](CCCN=C(N)N)NC(=O)[C@@H](N)CCCN=C(N)N)C1=O)C(=O)N[C@@H](CC(C)C)C(=O)O. The molecule has 2 fully saturated rings. The van der Waals surface area contributed by atoms with Crippen molar-refractivity contribution in [3.05, 3.63) is 29.8 Å². The largest absolute Gasteiger partial charge is 0.508 e. The number of nitrogens with zero attached hydrogens (tertiary/aromatic N) is 4. The molecule has 20 nitrogen and oxygen atoms in total. The Kier molecular flexibility index (Phi) is 18.4. The van der Waals surface area contributed by atoms with Crippen molar-refractivity contribution in [3.8, 4) is 5.75 Å². The molecular weight excluding hydrogens is 777 g/mol. The van der Waals surface area contributed by atoms with Crippen LogP contribution in [-0.2, 0) is 35.2 Å². The van der Waals surface area contributed by atoms with E-state index in [-0.39, 0.29) is 81.9 Å². The molecule has 7 atom stereocenters. The average Bonchev–Trinajstić information content (AvgIpc) is 3.77. The van der Waals surface area contributed by atoms with Gasteiger partial charge in [-0.05, 0) is 80.9 Å². The maximum absolute atomic E-state index is 14.8. The Hall–Kier alpha value is -5.66. The van der Waals surface area contributed by atoms with E-state index in [1.165, 1.54) is 21.9 Å². The number of aliphatic imine (C=N–C) groups is 2. The molecule has 15 N–H and O–H groups in total. The molecule has 1 aromatic rings. The fourth-order valence-corrected chi connectivity index (χ4v) is 7.74. The van der Waals surface area contributed by atoms with Gasteiger partial charge in [0.15, 0.2) is 11.9 Å². The molecule has 0 unspecified atom stereocenters. The van der Waals surface area contributed by atoms with Gasteiger partial charge in [0.05, 0.1) is 6.04 Å². The summed E-state index contributed by atoms with van der Waals surface area (Å²) in [6, 6.07) is 0.656. The number of carboxylic acids is 1.